The van der Waals surface area contributed by atoms with Crippen molar-refractivity contribution < 1.29 is 19.3 Å². The number of morpholine rings is 1. The van der Waals surface area contributed by atoms with Gasteiger partial charge < -0.3 is 24.6 Å². The lowest BCUT2D eigenvalue weighted by Crippen LogP contribution is -2.33. The summed E-state index contributed by atoms with van der Waals surface area (Å²) in [6.45, 7) is 2.19. The molecule has 0 amide bonds. The number of rotatable bonds is 1. The first kappa shape index (κ1) is 11.0. The fraction of sp³-hybridized carbons (Fsp3) is 0.455. The molecule has 2 aliphatic heterocycles. The molecule has 0 saturated carbocycles. The number of phenolic OH excluding ortho intramolecular Hbond substituents is 1. The smallest absolute Gasteiger partial charge is 0.231 e. The van der Waals surface area contributed by atoms with Crippen LogP contribution in [0.1, 0.15) is 11.7 Å². The van der Waals surface area contributed by atoms with E-state index in [2.05, 4.69) is 5.32 Å². The summed E-state index contributed by atoms with van der Waals surface area (Å²) < 4.78 is 16.0. The summed E-state index contributed by atoms with van der Waals surface area (Å²) in [6.07, 6.45) is -0.212. The number of phenols is 1. The van der Waals surface area contributed by atoms with Gasteiger partial charge in [-0.1, -0.05) is 11.6 Å². The van der Waals surface area contributed by atoms with E-state index in [1.165, 1.54) is 0 Å². The molecule has 1 atom stereocenters. The molecule has 1 fully saturated rings. The Labute approximate surface area is 103 Å². The van der Waals surface area contributed by atoms with E-state index in [4.69, 9.17) is 25.8 Å². The summed E-state index contributed by atoms with van der Waals surface area (Å²) in [4.78, 5) is 0. The lowest BCUT2D eigenvalue weighted by Gasteiger charge is -2.25. The van der Waals surface area contributed by atoms with Gasteiger partial charge >= 0.3 is 0 Å². The van der Waals surface area contributed by atoms with Gasteiger partial charge in [-0.2, -0.15) is 0 Å². The zero-order chi connectivity index (χ0) is 11.8. The van der Waals surface area contributed by atoms with Crippen molar-refractivity contribution in [3.8, 4) is 17.2 Å². The SMILES string of the molecule is Oc1c(C2CNCCO2)cc2c(c1Cl)OCO2. The molecule has 2 N–H and O–H groups in total. The van der Waals surface area contributed by atoms with E-state index in [-0.39, 0.29) is 23.7 Å². The second-order valence-electron chi connectivity index (χ2n) is 3.93. The van der Waals surface area contributed by atoms with Crippen LogP contribution in [0, 0.1) is 0 Å². The molecule has 5 nitrogen and oxygen atoms in total. The number of halogens is 1. The maximum absolute atomic E-state index is 10.0. The van der Waals surface area contributed by atoms with Gasteiger partial charge in [0, 0.05) is 18.7 Å². The van der Waals surface area contributed by atoms with Crippen LogP contribution in [-0.2, 0) is 4.74 Å². The third-order valence-corrected chi connectivity index (χ3v) is 3.23. The Kier molecular flexibility index (Phi) is 2.74. The number of aromatic hydroxyl groups is 1. The maximum Gasteiger partial charge on any atom is 0.231 e. The minimum atomic E-state index is -0.212. The molecule has 1 unspecified atom stereocenters. The van der Waals surface area contributed by atoms with Gasteiger partial charge in [-0.3, -0.25) is 0 Å². The first-order valence-corrected chi connectivity index (χ1v) is 5.78. The average Bonchev–Trinajstić information content (AvgIpc) is 2.83. The highest BCUT2D eigenvalue weighted by Gasteiger charge is 2.28. The summed E-state index contributed by atoms with van der Waals surface area (Å²) in [5, 5.41) is 13.4. The van der Waals surface area contributed by atoms with Gasteiger partial charge in [-0.25, -0.2) is 0 Å². The van der Waals surface area contributed by atoms with Crippen LogP contribution in [0.3, 0.4) is 0 Å². The lowest BCUT2D eigenvalue weighted by atomic mass is 10.1. The second-order valence-corrected chi connectivity index (χ2v) is 4.30. The van der Waals surface area contributed by atoms with Crippen molar-refractivity contribution in [1.82, 2.24) is 5.32 Å². The van der Waals surface area contributed by atoms with E-state index in [1.54, 1.807) is 6.07 Å². The molecule has 0 spiro atoms. The van der Waals surface area contributed by atoms with Crippen molar-refractivity contribution in [2.75, 3.05) is 26.5 Å². The summed E-state index contributed by atoms with van der Waals surface area (Å²) >= 11 is 6.03. The third-order valence-electron chi connectivity index (χ3n) is 2.88. The molecule has 17 heavy (non-hydrogen) atoms. The van der Waals surface area contributed by atoms with Crippen LogP contribution < -0.4 is 14.8 Å². The Morgan fingerprint density at radius 2 is 2.29 bits per heavy atom. The molecule has 0 radical (unpaired) electrons. The molecule has 2 aliphatic rings. The monoisotopic (exact) mass is 257 g/mol. The number of hydrogen-bond donors (Lipinski definition) is 2. The minimum absolute atomic E-state index is 0.00427. The highest BCUT2D eigenvalue weighted by molar-refractivity contribution is 6.34. The topological polar surface area (TPSA) is 60.0 Å². The zero-order valence-corrected chi connectivity index (χ0v) is 9.79. The fourth-order valence-corrected chi connectivity index (χ4v) is 2.28. The summed E-state index contributed by atoms with van der Waals surface area (Å²) in [5.41, 5.74) is 0.631. The molecule has 2 heterocycles. The Morgan fingerprint density at radius 3 is 3.06 bits per heavy atom. The van der Waals surface area contributed by atoms with Crippen molar-refractivity contribution in [3.05, 3.63) is 16.7 Å². The van der Waals surface area contributed by atoms with Gasteiger partial charge in [0.05, 0.1) is 12.7 Å². The number of fused-ring (bicyclic) bond motifs is 1. The van der Waals surface area contributed by atoms with E-state index in [0.29, 0.717) is 30.2 Å². The molecular weight excluding hydrogens is 246 g/mol. The predicted molar refractivity (Wildman–Crippen MR) is 60.8 cm³/mol. The highest BCUT2D eigenvalue weighted by atomic mass is 35.5. The summed E-state index contributed by atoms with van der Waals surface area (Å²) in [7, 11) is 0. The predicted octanol–water partition coefficient (Wildman–Crippen LogP) is 1.44. The zero-order valence-electron chi connectivity index (χ0n) is 9.03. The van der Waals surface area contributed by atoms with Crippen LogP contribution in [0.15, 0.2) is 6.07 Å². The van der Waals surface area contributed by atoms with Gasteiger partial charge in [0.1, 0.15) is 10.8 Å². The average molecular weight is 258 g/mol. The van der Waals surface area contributed by atoms with E-state index in [9.17, 15) is 5.11 Å². The van der Waals surface area contributed by atoms with Crippen molar-refractivity contribution >= 4 is 11.6 Å². The molecule has 0 aliphatic carbocycles. The van der Waals surface area contributed by atoms with Crippen LogP contribution in [0.5, 0.6) is 17.2 Å². The summed E-state index contributed by atoms with van der Waals surface area (Å²) in [5.74, 6) is 0.957. The Morgan fingerprint density at radius 1 is 1.41 bits per heavy atom. The molecule has 1 aromatic rings. The van der Waals surface area contributed by atoms with Crippen molar-refractivity contribution in [3.63, 3.8) is 0 Å². The van der Waals surface area contributed by atoms with Gasteiger partial charge in [0.2, 0.25) is 6.79 Å². The van der Waals surface area contributed by atoms with Crippen LogP contribution in [-0.4, -0.2) is 31.6 Å². The number of benzene rings is 1. The molecule has 92 valence electrons. The molecule has 3 rings (SSSR count). The fourth-order valence-electron chi connectivity index (χ4n) is 2.02. The normalized spacial score (nSPS) is 22.8. The molecule has 1 saturated heterocycles. The Balaban J connectivity index is 2.01. The van der Waals surface area contributed by atoms with Gasteiger partial charge in [-0.05, 0) is 6.07 Å². The summed E-state index contributed by atoms with van der Waals surface area (Å²) in [6, 6.07) is 1.72. The molecular formula is C11H12ClNO4. The Hall–Kier alpha value is -1.17. The standard InChI is InChI=1S/C11H12ClNO4/c12-9-10(14)6(8-4-13-1-2-15-8)3-7-11(9)17-5-16-7/h3,8,13-14H,1-2,4-5H2. The van der Waals surface area contributed by atoms with E-state index < -0.39 is 0 Å². The first-order valence-electron chi connectivity index (χ1n) is 5.40. The molecule has 0 aromatic heterocycles. The van der Waals surface area contributed by atoms with Gasteiger partial charge in [0.15, 0.2) is 11.5 Å². The van der Waals surface area contributed by atoms with Crippen LogP contribution >= 0.6 is 11.6 Å². The van der Waals surface area contributed by atoms with Crippen molar-refractivity contribution in [1.29, 1.82) is 0 Å². The van der Waals surface area contributed by atoms with Gasteiger partial charge in [0.25, 0.3) is 0 Å². The van der Waals surface area contributed by atoms with Crippen LogP contribution in [0.4, 0.5) is 0 Å². The third kappa shape index (κ3) is 1.80. The highest BCUT2D eigenvalue weighted by Crippen LogP contribution is 2.48. The lowest BCUT2D eigenvalue weighted by molar-refractivity contribution is 0.0262. The number of ether oxygens (including phenoxy) is 3. The Bertz CT molecular complexity index is 446. The minimum Gasteiger partial charge on any atom is -0.506 e. The van der Waals surface area contributed by atoms with Crippen molar-refractivity contribution in [2.45, 2.75) is 6.10 Å². The van der Waals surface area contributed by atoms with Crippen LogP contribution in [0.25, 0.3) is 0 Å². The molecule has 0 bridgehead atoms. The van der Waals surface area contributed by atoms with Gasteiger partial charge in [-0.15, -0.1) is 0 Å². The first-order chi connectivity index (χ1) is 8.27. The van der Waals surface area contributed by atoms with E-state index >= 15 is 0 Å². The van der Waals surface area contributed by atoms with Crippen LogP contribution in [0.2, 0.25) is 5.02 Å². The quantitative estimate of drug-likeness (QED) is 0.797. The molecule has 1 aromatic carbocycles. The number of nitrogens with one attached hydrogen (secondary N) is 1. The van der Waals surface area contributed by atoms with E-state index in [0.717, 1.165) is 6.54 Å². The second kappa shape index (κ2) is 4.25. The maximum atomic E-state index is 10.0. The number of hydrogen-bond acceptors (Lipinski definition) is 5. The van der Waals surface area contributed by atoms with Crippen molar-refractivity contribution in [2.24, 2.45) is 0 Å². The van der Waals surface area contributed by atoms with E-state index in [1.807, 2.05) is 0 Å². The largest absolute Gasteiger partial charge is 0.506 e. The molecule has 6 heteroatoms.